The molecule has 0 spiro atoms. The summed E-state index contributed by atoms with van der Waals surface area (Å²) in [6.45, 7) is 4.31. The molecule has 0 heterocycles. The predicted molar refractivity (Wildman–Crippen MR) is 136 cm³/mol. The van der Waals surface area contributed by atoms with Crippen molar-refractivity contribution in [3.63, 3.8) is 0 Å². The van der Waals surface area contributed by atoms with Crippen LogP contribution in [0.15, 0.2) is 70.2 Å². The van der Waals surface area contributed by atoms with Crippen LogP contribution in [0.5, 0.6) is 11.5 Å². The average molecular weight is 524 g/mol. The molecule has 0 atom stereocenters. The van der Waals surface area contributed by atoms with Crippen molar-refractivity contribution in [1.82, 2.24) is 5.43 Å². The zero-order chi connectivity index (χ0) is 24.5. The number of aryl methyl sites for hydroxylation is 2. The molecule has 0 saturated heterocycles. The first-order chi connectivity index (χ1) is 16.4. The van der Waals surface area contributed by atoms with E-state index in [4.69, 9.17) is 9.47 Å². The summed E-state index contributed by atoms with van der Waals surface area (Å²) in [5, 5.41) is 6.66. The lowest BCUT2D eigenvalue weighted by molar-refractivity contribution is -0.126. The van der Waals surface area contributed by atoms with Crippen LogP contribution in [0.25, 0.3) is 0 Å². The number of carbonyl (C=O) groups is 2. The van der Waals surface area contributed by atoms with Gasteiger partial charge in [0.25, 0.3) is 0 Å². The van der Waals surface area contributed by atoms with Crippen LogP contribution in [0, 0.1) is 13.8 Å². The second-order valence-corrected chi connectivity index (χ2v) is 8.50. The van der Waals surface area contributed by atoms with E-state index in [9.17, 15) is 9.59 Å². The number of para-hydroxylation sites is 1. The average Bonchev–Trinajstić information content (AvgIpc) is 2.80. The highest BCUT2D eigenvalue weighted by molar-refractivity contribution is 9.10. The zero-order valence-electron chi connectivity index (χ0n) is 19.2. The molecule has 0 aliphatic heterocycles. The number of methoxy groups -OCH3 is 1. The van der Waals surface area contributed by atoms with Crippen molar-refractivity contribution in [2.45, 2.75) is 26.9 Å². The number of rotatable bonds is 9. The molecule has 0 aliphatic rings. The summed E-state index contributed by atoms with van der Waals surface area (Å²) in [6, 6.07) is 19.0. The molecule has 8 heteroatoms. The molecule has 0 saturated carbocycles. The second kappa shape index (κ2) is 12.0. The molecule has 3 rings (SSSR count). The van der Waals surface area contributed by atoms with Crippen molar-refractivity contribution in [2.24, 2.45) is 5.10 Å². The molecule has 3 aromatic rings. The van der Waals surface area contributed by atoms with Crippen LogP contribution in [0.2, 0.25) is 0 Å². The maximum Gasteiger partial charge on any atom is 0.249 e. The van der Waals surface area contributed by atoms with Gasteiger partial charge in [0.1, 0.15) is 13.0 Å². The lowest BCUT2D eigenvalue weighted by Gasteiger charge is -2.13. The van der Waals surface area contributed by atoms with Gasteiger partial charge in [-0.3, -0.25) is 9.59 Å². The third-order valence-corrected chi connectivity index (χ3v) is 5.49. The predicted octanol–water partition coefficient (Wildman–Crippen LogP) is 5.13. The fourth-order valence-corrected chi connectivity index (χ4v) is 3.64. The topological polar surface area (TPSA) is 89.0 Å². The van der Waals surface area contributed by atoms with Gasteiger partial charge in [-0.15, -0.1) is 0 Å². The highest BCUT2D eigenvalue weighted by Crippen LogP contribution is 2.36. The molecule has 0 aliphatic carbocycles. The van der Waals surface area contributed by atoms with Gasteiger partial charge in [0.2, 0.25) is 11.8 Å². The van der Waals surface area contributed by atoms with Crippen LogP contribution in [0.1, 0.15) is 28.7 Å². The maximum atomic E-state index is 12.1. The third-order valence-electron chi connectivity index (χ3n) is 4.90. The first kappa shape index (κ1) is 25.0. The molecule has 7 nitrogen and oxygen atoms in total. The second-order valence-electron chi connectivity index (χ2n) is 7.64. The van der Waals surface area contributed by atoms with Crippen molar-refractivity contribution in [2.75, 3.05) is 12.4 Å². The molecule has 176 valence electrons. The van der Waals surface area contributed by atoms with Gasteiger partial charge in [0.15, 0.2) is 11.5 Å². The van der Waals surface area contributed by atoms with Crippen LogP contribution in [-0.2, 0) is 16.2 Å². The first-order valence-electron chi connectivity index (χ1n) is 10.6. The number of hydrogen-bond acceptors (Lipinski definition) is 5. The Labute approximate surface area is 207 Å². The van der Waals surface area contributed by atoms with Crippen LogP contribution in [0.3, 0.4) is 0 Å². The minimum atomic E-state index is -0.522. The number of halogens is 1. The monoisotopic (exact) mass is 523 g/mol. The number of anilines is 1. The van der Waals surface area contributed by atoms with E-state index in [1.807, 2.05) is 56.3 Å². The van der Waals surface area contributed by atoms with Gasteiger partial charge < -0.3 is 14.8 Å². The number of hydrazone groups is 1. The van der Waals surface area contributed by atoms with Crippen molar-refractivity contribution in [1.29, 1.82) is 0 Å². The zero-order valence-corrected chi connectivity index (χ0v) is 20.8. The van der Waals surface area contributed by atoms with E-state index in [2.05, 4.69) is 31.8 Å². The summed E-state index contributed by atoms with van der Waals surface area (Å²) >= 11 is 3.51. The van der Waals surface area contributed by atoms with E-state index >= 15 is 0 Å². The van der Waals surface area contributed by atoms with E-state index < -0.39 is 11.8 Å². The Hall–Kier alpha value is -3.65. The van der Waals surface area contributed by atoms with E-state index in [1.165, 1.54) is 11.8 Å². The number of carbonyl (C=O) groups excluding carboxylic acids is 2. The van der Waals surface area contributed by atoms with Crippen LogP contribution in [-0.4, -0.2) is 25.1 Å². The summed E-state index contributed by atoms with van der Waals surface area (Å²) in [6.07, 6.45) is 1.12. The van der Waals surface area contributed by atoms with Gasteiger partial charge in [-0.1, -0.05) is 48.0 Å². The Morgan fingerprint density at radius 2 is 1.76 bits per heavy atom. The Balaban J connectivity index is 1.57. The molecule has 2 amide bonds. The molecule has 2 N–H and O–H groups in total. The number of hydrogen-bond donors (Lipinski definition) is 2. The summed E-state index contributed by atoms with van der Waals surface area (Å²) in [4.78, 5) is 24.2. The van der Waals surface area contributed by atoms with Gasteiger partial charge in [-0.2, -0.15) is 5.10 Å². The van der Waals surface area contributed by atoms with Crippen LogP contribution in [0.4, 0.5) is 5.69 Å². The number of nitrogens with one attached hydrogen (secondary N) is 2. The first-order valence-corrected chi connectivity index (χ1v) is 11.4. The minimum absolute atomic E-state index is 0.343. The van der Waals surface area contributed by atoms with Gasteiger partial charge in [0.05, 0.1) is 17.8 Å². The van der Waals surface area contributed by atoms with Gasteiger partial charge >= 0.3 is 0 Å². The Bertz CT molecular complexity index is 1190. The van der Waals surface area contributed by atoms with Gasteiger partial charge in [0, 0.05) is 5.69 Å². The summed E-state index contributed by atoms with van der Waals surface area (Å²) in [5.41, 5.74) is 6.86. The SMILES string of the molecule is COc1cc(C=NNC(=O)CC(=O)Nc2ccccc2C)cc(Br)c1OCc1ccc(C)cc1. The fourth-order valence-electron chi connectivity index (χ4n) is 3.07. The normalized spacial score (nSPS) is 10.7. The quantitative estimate of drug-likeness (QED) is 0.231. The summed E-state index contributed by atoms with van der Waals surface area (Å²) < 4.78 is 12.1. The Kier molecular flexibility index (Phi) is 8.81. The molecular formula is C26H26BrN3O4. The molecule has 0 bridgehead atoms. The van der Waals surface area contributed by atoms with E-state index in [-0.39, 0.29) is 6.42 Å². The van der Waals surface area contributed by atoms with E-state index in [0.29, 0.717) is 33.8 Å². The largest absolute Gasteiger partial charge is 0.493 e. The highest BCUT2D eigenvalue weighted by atomic mass is 79.9. The standard InChI is InChI=1S/C26H26BrN3O4/c1-17-8-10-19(11-9-17)16-34-26-21(27)12-20(13-23(26)33-3)15-28-30-25(32)14-24(31)29-22-7-5-4-6-18(22)2/h4-13,15H,14,16H2,1-3H3,(H,29,31)(H,30,32). The lowest BCUT2D eigenvalue weighted by atomic mass is 10.2. The van der Waals surface area contributed by atoms with Crippen molar-refractivity contribution in [3.8, 4) is 11.5 Å². The van der Waals surface area contributed by atoms with Crippen LogP contribution >= 0.6 is 15.9 Å². The molecule has 0 unspecified atom stereocenters. The molecule has 0 fully saturated rings. The van der Waals surface area contributed by atoms with Crippen LogP contribution < -0.4 is 20.2 Å². The minimum Gasteiger partial charge on any atom is -0.493 e. The van der Waals surface area contributed by atoms with Gasteiger partial charge in [-0.25, -0.2) is 5.43 Å². The third kappa shape index (κ3) is 7.18. The summed E-state index contributed by atoms with van der Waals surface area (Å²) in [7, 11) is 1.55. The number of amides is 2. The van der Waals surface area contributed by atoms with Crippen molar-refractivity contribution in [3.05, 3.63) is 87.4 Å². The molecule has 3 aromatic carbocycles. The smallest absolute Gasteiger partial charge is 0.249 e. The van der Waals surface area contributed by atoms with Crippen molar-refractivity contribution < 1.29 is 19.1 Å². The molecule has 0 radical (unpaired) electrons. The number of ether oxygens (including phenoxy) is 2. The van der Waals surface area contributed by atoms with Gasteiger partial charge in [-0.05, 0) is 64.7 Å². The molecule has 0 aromatic heterocycles. The maximum absolute atomic E-state index is 12.1. The fraction of sp³-hybridized carbons (Fsp3) is 0.192. The Morgan fingerprint density at radius 3 is 2.47 bits per heavy atom. The van der Waals surface area contributed by atoms with Crippen molar-refractivity contribution >= 4 is 39.6 Å². The highest BCUT2D eigenvalue weighted by Gasteiger charge is 2.13. The molecular weight excluding hydrogens is 498 g/mol. The lowest BCUT2D eigenvalue weighted by Crippen LogP contribution is -2.24. The van der Waals surface area contributed by atoms with E-state index in [1.54, 1.807) is 25.3 Å². The summed E-state index contributed by atoms with van der Waals surface area (Å²) in [5.74, 6) is 0.150. The number of nitrogens with zero attached hydrogens (tertiary/aromatic N) is 1. The number of benzene rings is 3. The molecule has 34 heavy (non-hydrogen) atoms. The Morgan fingerprint density at radius 1 is 1.03 bits per heavy atom. The van der Waals surface area contributed by atoms with E-state index in [0.717, 1.165) is 11.1 Å².